The number of aryl methyl sites for hydroxylation is 1. The molecule has 0 fully saturated rings. The molecular formula is C23H28N4O3. The van der Waals surface area contributed by atoms with Gasteiger partial charge in [-0.05, 0) is 45.4 Å². The van der Waals surface area contributed by atoms with Gasteiger partial charge in [0.2, 0.25) is 5.91 Å². The van der Waals surface area contributed by atoms with Gasteiger partial charge in [0.15, 0.2) is 0 Å². The van der Waals surface area contributed by atoms with Crippen LogP contribution in [-0.2, 0) is 16.6 Å². The number of carbonyl (C=O) groups excluding carboxylic acids is 2. The fourth-order valence-electron chi connectivity index (χ4n) is 3.18. The zero-order valence-electron chi connectivity index (χ0n) is 18.0. The summed E-state index contributed by atoms with van der Waals surface area (Å²) in [5.41, 5.74) is 2.08. The highest BCUT2D eigenvalue weighted by atomic mass is 16.6. The number of aromatic nitrogens is 2. The molecule has 7 nitrogen and oxygen atoms in total. The lowest BCUT2D eigenvalue weighted by Crippen LogP contribution is -2.47. The lowest BCUT2D eigenvalue weighted by atomic mass is 10.1. The first-order chi connectivity index (χ1) is 14.2. The number of ether oxygens (including phenoxy) is 1. The molecule has 3 aromatic rings. The first kappa shape index (κ1) is 21.4. The first-order valence-electron chi connectivity index (χ1n) is 9.92. The molecule has 2 aromatic carbocycles. The molecule has 0 aliphatic heterocycles. The topological polar surface area (TPSA) is 85.2 Å². The molecule has 0 saturated carbocycles. The van der Waals surface area contributed by atoms with Gasteiger partial charge in [0.05, 0.1) is 11.0 Å². The van der Waals surface area contributed by atoms with E-state index in [9.17, 15) is 9.59 Å². The van der Waals surface area contributed by atoms with Crippen LogP contribution in [0.4, 0.5) is 4.79 Å². The minimum Gasteiger partial charge on any atom is -0.444 e. The molecule has 3 rings (SSSR count). The van der Waals surface area contributed by atoms with Crippen LogP contribution in [0.5, 0.6) is 0 Å². The maximum atomic E-state index is 12.9. The Bertz CT molecular complexity index is 1040. The van der Waals surface area contributed by atoms with E-state index in [4.69, 9.17) is 9.72 Å². The maximum Gasteiger partial charge on any atom is 0.408 e. The van der Waals surface area contributed by atoms with Gasteiger partial charge < -0.3 is 19.9 Å². The second-order valence-electron chi connectivity index (χ2n) is 8.24. The van der Waals surface area contributed by atoms with Crippen molar-refractivity contribution in [3.63, 3.8) is 0 Å². The average Bonchev–Trinajstić information content (AvgIpc) is 3.01. The second kappa shape index (κ2) is 8.57. The fraction of sp³-hybridized carbons (Fsp3) is 0.348. The Balaban J connectivity index is 1.86. The van der Waals surface area contributed by atoms with E-state index in [2.05, 4.69) is 10.6 Å². The zero-order valence-corrected chi connectivity index (χ0v) is 18.0. The number of nitrogens with zero attached hydrogens (tertiary/aromatic N) is 2. The number of amides is 2. The predicted octanol–water partition coefficient (Wildman–Crippen LogP) is 3.69. The third kappa shape index (κ3) is 4.97. The van der Waals surface area contributed by atoms with E-state index in [0.29, 0.717) is 5.82 Å². The van der Waals surface area contributed by atoms with E-state index < -0.39 is 23.8 Å². The summed E-state index contributed by atoms with van der Waals surface area (Å²) in [6.45, 7) is 6.94. The summed E-state index contributed by atoms with van der Waals surface area (Å²) < 4.78 is 7.22. The van der Waals surface area contributed by atoms with Crippen LogP contribution in [0.1, 0.15) is 45.1 Å². The van der Waals surface area contributed by atoms with Gasteiger partial charge in [0, 0.05) is 7.05 Å². The van der Waals surface area contributed by atoms with Gasteiger partial charge in [-0.25, -0.2) is 9.78 Å². The monoisotopic (exact) mass is 408 g/mol. The standard InChI is InChI=1S/C23H28N4O3/c1-15(24-22(29)30-23(2,3)4)21(28)26-19(16-11-7-6-8-12-16)20-25-17-13-9-10-14-18(17)27(20)5/h6-15,19H,1-5H3,(H,24,29)(H,26,28)/t15-,19?/m1/s1. The molecule has 1 unspecified atom stereocenters. The number of rotatable bonds is 5. The van der Waals surface area contributed by atoms with Crippen molar-refractivity contribution in [2.45, 2.75) is 45.4 Å². The molecule has 0 radical (unpaired) electrons. The van der Waals surface area contributed by atoms with Crippen molar-refractivity contribution in [3.8, 4) is 0 Å². The van der Waals surface area contributed by atoms with Gasteiger partial charge in [-0.2, -0.15) is 0 Å². The molecule has 30 heavy (non-hydrogen) atoms. The molecule has 2 N–H and O–H groups in total. The summed E-state index contributed by atoms with van der Waals surface area (Å²) in [5, 5.41) is 5.61. The van der Waals surface area contributed by atoms with Gasteiger partial charge in [-0.1, -0.05) is 42.5 Å². The molecule has 0 aliphatic carbocycles. The smallest absolute Gasteiger partial charge is 0.408 e. The van der Waals surface area contributed by atoms with Crippen molar-refractivity contribution in [1.29, 1.82) is 0 Å². The van der Waals surface area contributed by atoms with E-state index in [0.717, 1.165) is 16.6 Å². The second-order valence-corrected chi connectivity index (χ2v) is 8.24. The Hall–Kier alpha value is -3.35. The Morgan fingerprint density at radius 2 is 1.63 bits per heavy atom. The number of hydrogen-bond donors (Lipinski definition) is 2. The van der Waals surface area contributed by atoms with Crippen LogP contribution in [-0.4, -0.2) is 33.2 Å². The number of benzene rings is 2. The van der Waals surface area contributed by atoms with Crippen molar-refractivity contribution >= 4 is 23.0 Å². The molecule has 2 amide bonds. The lowest BCUT2D eigenvalue weighted by molar-refractivity contribution is -0.123. The first-order valence-corrected chi connectivity index (χ1v) is 9.92. The van der Waals surface area contributed by atoms with Crippen LogP contribution in [0.2, 0.25) is 0 Å². The molecule has 0 bridgehead atoms. The van der Waals surface area contributed by atoms with Crippen molar-refractivity contribution < 1.29 is 14.3 Å². The van der Waals surface area contributed by atoms with Gasteiger partial charge in [-0.3, -0.25) is 4.79 Å². The van der Waals surface area contributed by atoms with E-state index in [-0.39, 0.29) is 5.91 Å². The van der Waals surface area contributed by atoms with Gasteiger partial charge >= 0.3 is 6.09 Å². The van der Waals surface area contributed by atoms with E-state index in [1.165, 1.54) is 0 Å². The average molecular weight is 409 g/mol. The van der Waals surface area contributed by atoms with Crippen LogP contribution in [0.3, 0.4) is 0 Å². The number of imidazole rings is 1. The molecule has 2 atom stereocenters. The summed E-state index contributed by atoms with van der Waals surface area (Å²) in [6.07, 6.45) is -0.635. The molecular weight excluding hydrogens is 380 g/mol. The van der Waals surface area contributed by atoms with Crippen LogP contribution in [0.15, 0.2) is 54.6 Å². The van der Waals surface area contributed by atoms with E-state index in [1.807, 2.05) is 66.2 Å². The Labute approximate surface area is 176 Å². The van der Waals surface area contributed by atoms with E-state index >= 15 is 0 Å². The number of hydrogen-bond acceptors (Lipinski definition) is 4. The van der Waals surface area contributed by atoms with Crippen molar-refractivity contribution in [3.05, 3.63) is 66.0 Å². The highest BCUT2D eigenvalue weighted by Crippen LogP contribution is 2.25. The molecule has 7 heteroatoms. The zero-order chi connectivity index (χ0) is 21.9. The summed E-state index contributed by atoms with van der Waals surface area (Å²) in [4.78, 5) is 29.7. The van der Waals surface area contributed by atoms with E-state index in [1.54, 1.807) is 27.7 Å². The highest BCUT2D eigenvalue weighted by Gasteiger charge is 2.26. The third-order valence-corrected chi connectivity index (χ3v) is 4.63. The molecule has 1 heterocycles. The highest BCUT2D eigenvalue weighted by molar-refractivity contribution is 5.86. The Morgan fingerprint density at radius 3 is 2.27 bits per heavy atom. The van der Waals surface area contributed by atoms with Crippen LogP contribution >= 0.6 is 0 Å². The summed E-state index contributed by atoms with van der Waals surface area (Å²) in [5.74, 6) is 0.377. The summed E-state index contributed by atoms with van der Waals surface area (Å²) in [6, 6.07) is 16.2. The SMILES string of the molecule is C[C@@H](NC(=O)OC(C)(C)C)C(=O)NC(c1ccccc1)c1nc2ccccc2n1C. The number of nitrogens with one attached hydrogen (secondary N) is 2. The summed E-state index contributed by atoms with van der Waals surface area (Å²) >= 11 is 0. The van der Waals surface area contributed by atoms with Gasteiger partial charge in [0.25, 0.3) is 0 Å². The normalized spacial score (nSPS) is 13.5. The number of carbonyl (C=O) groups is 2. The fourth-order valence-corrected chi connectivity index (χ4v) is 3.18. The minimum atomic E-state index is -0.777. The maximum absolute atomic E-state index is 12.9. The number of alkyl carbamates (subject to hydrolysis) is 1. The largest absolute Gasteiger partial charge is 0.444 e. The minimum absolute atomic E-state index is 0.332. The molecule has 0 aliphatic rings. The van der Waals surface area contributed by atoms with Crippen molar-refractivity contribution in [2.24, 2.45) is 7.05 Å². The van der Waals surface area contributed by atoms with Crippen molar-refractivity contribution in [2.75, 3.05) is 0 Å². The Morgan fingerprint density at radius 1 is 1.00 bits per heavy atom. The number of fused-ring (bicyclic) bond motifs is 1. The van der Waals surface area contributed by atoms with Crippen LogP contribution in [0, 0.1) is 0 Å². The van der Waals surface area contributed by atoms with Gasteiger partial charge in [-0.15, -0.1) is 0 Å². The third-order valence-electron chi connectivity index (χ3n) is 4.63. The quantitative estimate of drug-likeness (QED) is 0.674. The molecule has 1 aromatic heterocycles. The lowest BCUT2D eigenvalue weighted by Gasteiger charge is -2.24. The predicted molar refractivity (Wildman–Crippen MR) is 116 cm³/mol. The summed E-state index contributed by atoms with van der Waals surface area (Å²) in [7, 11) is 1.93. The molecule has 158 valence electrons. The van der Waals surface area contributed by atoms with Crippen molar-refractivity contribution in [1.82, 2.24) is 20.2 Å². The number of para-hydroxylation sites is 2. The molecule has 0 saturated heterocycles. The van der Waals surface area contributed by atoms with Crippen LogP contribution < -0.4 is 10.6 Å². The van der Waals surface area contributed by atoms with Gasteiger partial charge in [0.1, 0.15) is 23.5 Å². The molecule has 0 spiro atoms. The Kier molecular flexibility index (Phi) is 6.10. The van der Waals surface area contributed by atoms with Crippen LogP contribution in [0.25, 0.3) is 11.0 Å².